The SMILES string of the molecule is c1ccc2cc(-c3nc(-c4ccc5c(-n6c7ccccc7c7ccccc76)cccc5c4)nc(-c4cccc5oc6ncccc6c45)n3)ccc2c1. The first-order valence-electron chi connectivity index (χ1n) is 17.3. The first-order valence-corrected chi connectivity index (χ1v) is 17.3. The highest BCUT2D eigenvalue weighted by atomic mass is 16.3. The Kier molecular flexibility index (Phi) is 6.15. The van der Waals surface area contributed by atoms with Crippen LogP contribution in [0.2, 0.25) is 0 Å². The second-order valence-corrected chi connectivity index (χ2v) is 13.1. The molecule has 11 aromatic rings. The summed E-state index contributed by atoms with van der Waals surface area (Å²) >= 11 is 0. The van der Waals surface area contributed by atoms with Crippen molar-refractivity contribution in [1.82, 2.24) is 24.5 Å². The van der Waals surface area contributed by atoms with Crippen molar-refractivity contribution in [2.24, 2.45) is 0 Å². The maximum atomic E-state index is 6.15. The Hall–Kier alpha value is -7.18. The fourth-order valence-electron chi connectivity index (χ4n) is 7.71. The smallest absolute Gasteiger partial charge is 0.227 e. The van der Waals surface area contributed by atoms with Crippen LogP contribution in [0.3, 0.4) is 0 Å². The molecule has 4 aromatic heterocycles. The standard InChI is InChI=1S/C46H27N5O/c1-2-11-29-26-31(22-21-28(29)10-1)43-48-44(50-45(49-43)36-15-8-20-41-42(36)37-16-9-25-47-46(37)52-41)32-23-24-33-30(27-32)12-7-19-38(33)51-39-17-5-3-13-34(39)35-14-4-6-18-40(35)51/h1-27H. The number of hydrogen-bond donors (Lipinski definition) is 0. The van der Waals surface area contributed by atoms with Crippen LogP contribution in [0, 0.1) is 0 Å². The van der Waals surface area contributed by atoms with Crippen LogP contribution in [-0.4, -0.2) is 24.5 Å². The van der Waals surface area contributed by atoms with Gasteiger partial charge in [-0.3, -0.25) is 0 Å². The molecule has 0 amide bonds. The van der Waals surface area contributed by atoms with E-state index < -0.39 is 0 Å². The van der Waals surface area contributed by atoms with Gasteiger partial charge in [-0.2, -0.15) is 0 Å². The zero-order valence-corrected chi connectivity index (χ0v) is 27.7. The van der Waals surface area contributed by atoms with Crippen LogP contribution in [0.1, 0.15) is 0 Å². The van der Waals surface area contributed by atoms with E-state index in [0.717, 1.165) is 60.3 Å². The van der Waals surface area contributed by atoms with E-state index in [1.807, 2.05) is 30.3 Å². The average Bonchev–Trinajstić information content (AvgIpc) is 3.76. The molecule has 0 atom stereocenters. The molecule has 6 nitrogen and oxygen atoms in total. The Morgan fingerprint density at radius 1 is 0.442 bits per heavy atom. The molecule has 242 valence electrons. The number of rotatable bonds is 4. The molecular weight excluding hydrogens is 639 g/mol. The third kappa shape index (κ3) is 4.38. The number of furan rings is 1. The Morgan fingerprint density at radius 3 is 1.88 bits per heavy atom. The fourth-order valence-corrected chi connectivity index (χ4v) is 7.71. The van der Waals surface area contributed by atoms with Crippen LogP contribution < -0.4 is 0 Å². The number of aromatic nitrogens is 5. The van der Waals surface area contributed by atoms with Crippen molar-refractivity contribution in [3.05, 3.63) is 164 Å². The molecule has 0 bridgehead atoms. The lowest BCUT2D eigenvalue weighted by molar-refractivity contribution is 0.654. The first kappa shape index (κ1) is 28.6. The molecular formula is C46H27N5O. The maximum absolute atomic E-state index is 6.15. The largest absolute Gasteiger partial charge is 0.438 e. The normalized spacial score (nSPS) is 11.8. The Morgan fingerprint density at radius 2 is 1.08 bits per heavy atom. The van der Waals surface area contributed by atoms with Gasteiger partial charge in [-0.1, -0.05) is 109 Å². The van der Waals surface area contributed by atoms with Gasteiger partial charge in [0.05, 0.1) is 16.7 Å². The summed E-state index contributed by atoms with van der Waals surface area (Å²) in [5.74, 6) is 1.78. The van der Waals surface area contributed by atoms with Gasteiger partial charge in [0.2, 0.25) is 5.71 Å². The van der Waals surface area contributed by atoms with Gasteiger partial charge < -0.3 is 8.98 Å². The topological polar surface area (TPSA) is 69.6 Å². The molecule has 0 saturated carbocycles. The van der Waals surface area contributed by atoms with E-state index in [2.05, 4.69) is 137 Å². The summed E-state index contributed by atoms with van der Waals surface area (Å²) in [6.45, 7) is 0. The number of fused-ring (bicyclic) bond motifs is 8. The van der Waals surface area contributed by atoms with E-state index in [1.54, 1.807) is 6.20 Å². The van der Waals surface area contributed by atoms with Crippen molar-refractivity contribution in [3.8, 4) is 39.9 Å². The van der Waals surface area contributed by atoms with Gasteiger partial charge in [0, 0.05) is 49.8 Å². The van der Waals surface area contributed by atoms with Crippen molar-refractivity contribution in [2.45, 2.75) is 0 Å². The summed E-state index contributed by atoms with van der Waals surface area (Å²) in [4.78, 5) is 19.9. The molecule has 0 aliphatic carbocycles. The predicted octanol–water partition coefficient (Wildman–Crippen LogP) is 11.6. The summed E-state index contributed by atoms with van der Waals surface area (Å²) in [6.07, 6.45) is 1.75. The van der Waals surface area contributed by atoms with Gasteiger partial charge in [0.1, 0.15) is 5.58 Å². The molecule has 0 aliphatic heterocycles. The van der Waals surface area contributed by atoms with Crippen LogP contribution >= 0.6 is 0 Å². The molecule has 7 aromatic carbocycles. The number of pyridine rings is 1. The maximum Gasteiger partial charge on any atom is 0.227 e. The molecule has 6 heteroatoms. The van der Waals surface area contributed by atoms with Crippen molar-refractivity contribution in [1.29, 1.82) is 0 Å². The molecule has 0 spiro atoms. The minimum absolute atomic E-state index is 0.574. The quantitative estimate of drug-likeness (QED) is 0.187. The summed E-state index contributed by atoms with van der Waals surface area (Å²) in [5.41, 5.74) is 7.50. The van der Waals surface area contributed by atoms with Crippen LogP contribution in [0.4, 0.5) is 0 Å². The average molecular weight is 666 g/mol. The van der Waals surface area contributed by atoms with E-state index in [1.165, 1.54) is 21.8 Å². The van der Waals surface area contributed by atoms with Crippen molar-refractivity contribution < 1.29 is 4.42 Å². The van der Waals surface area contributed by atoms with Gasteiger partial charge in [-0.05, 0) is 64.7 Å². The van der Waals surface area contributed by atoms with Gasteiger partial charge in [-0.25, -0.2) is 19.9 Å². The third-order valence-electron chi connectivity index (χ3n) is 10.1. The summed E-state index contributed by atoms with van der Waals surface area (Å²) in [6, 6.07) is 54.9. The van der Waals surface area contributed by atoms with Gasteiger partial charge in [0.25, 0.3) is 0 Å². The summed E-state index contributed by atoms with van der Waals surface area (Å²) in [5, 5.41) is 8.86. The van der Waals surface area contributed by atoms with Gasteiger partial charge in [-0.15, -0.1) is 0 Å². The Bertz CT molecular complexity index is 3160. The summed E-state index contributed by atoms with van der Waals surface area (Å²) in [7, 11) is 0. The Balaban J connectivity index is 1.13. The second-order valence-electron chi connectivity index (χ2n) is 13.1. The first-order chi connectivity index (χ1) is 25.8. The lowest BCUT2D eigenvalue weighted by atomic mass is 10.0. The molecule has 0 radical (unpaired) electrons. The van der Waals surface area contributed by atoms with Crippen LogP contribution in [0.15, 0.2) is 168 Å². The molecule has 4 heterocycles. The van der Waals surface area contributed by atoms with Crippen LogP contribution in [0.5, 0.6) is 0 Å². The van der Waals surface area contributed by atoms with Gasteiger partial charge >= 0.3 is 0 Å². The number of nitrogens with zero attached hydrogens (tertiary/aromatic N) is 5. The van der Waals surface area contributed by atoms with Crippen LogP contribution in [-0.2, 0) is 0 Å². The van der Waals surface area contributed by atoms with E-state index in [0.29, 0.717) is 23.2 Å². The third-order valence-corrected chi connectivity index (χ3v) is 10.1. The predicted molar refractivity (Wildman–Crippen MR) is 211 cm³/mol. The van der Waals surface area contributed by atoms with E-state index in [9.17, 15) is 0 Å². The second kappa shape index (κ2) is 11.2. The number of benzene rings is 7. The van der Waals surface area contributed by atoms with Crippen molar-refractivity contribution in [2.75, 3.05) is 0 Å². The minimum Gasteiger partial charge on any atom is -0.438 e. The fraction of sp³-hybridized carbons (Fsp3) is 0. The van der Waals surface area contributed by atoms with E-state index in [-0.39, 0.29) is 0 Å². The van der Waals surface area contributed by atoms with Crippen molar-refractivity contribution in [3.63, 3.8) is 0 Å². The lowest BCUT2D eigenvalue weighted by Gasteiger charge is -2.13. The van der Waals surface area contributed by atoms with Crippen molar-refractivity contribution >= 4 is 65.4 Å². The highest BCUT2D eigenvalue weighted by Crippen LogP contribution is 2.38. The molecule has 0 fully saturated rings. The lowest BCUT2D eigenvalue weighted by Crippen LogP contribution is -2.01. The monoisotopic (exact) mass is 665 g/mol. The molecule has 0 N–H and O–H groups in total. The molecule has 0 unspecified atom stereocenters. The van der Waals surface area contributed by atoms with E-state index in [4.69, 9.17) is 19.4 Å². The molecule has 52 heavy (non-hydrogen) atoms. The number of para-hydroxylation sites is 2. The number of hydrogen-bond acceptors (Lipinski definition) is 5. The summed E-state index contributed by atoms with van der Waals surface area (Å²) < 4.78 is 8.52. The minimum atomic E-state index is 0.574. The molecule has 0 aliphatic rings. The highest BCUT2D eigenvalue weighted by Gasteiger charge is 2.19. The highest BCUT2D eigenvalue weighted by molar-refractivity contribution is 6.12. The zero-order chi connectivity index (χ0) is 34.2. The molecule has 0 saturated heterocycles. The van der Waals surface area contributed by atoms with E-state index >= 15 is 0 Å². The molecule has 11 rings (SSSR count). The van der Waals surface area contributed by atoms with Crippen LogP contribution in [0.25, 0.3) is 105 Å². The zero-order valence-electron chi connectivity index (χ0n) is 27.7. The van der Waals surface area contributed by atoms with Gasteiger partial charge in [0.15, 0.2) is 17.5 Å². The Labute approximate surface area is 297 Å².